The Morgan fingerprint density at radius 1 is 1.35 bits per heavy atom. The quantitative estimate of drug-likeness (QED) is 0.305. The molecule has 110 valence electrons. The number of unbranched alkanes of at least 4 members (excludes halogenated alkanes) is 2. The molecule has 0 amide bonds. The first-order valence-electron chi connectivity index (χ1n) is 7.11. The topological polar surface area (TPSA) is 46.5 Å². The standard InChI is InChI=1S/C17H24O3/c1-3-5-6-7-8-9-10-11-13-16(18)14-12-15-17(19)20-4-2/h1,7-8,16,18H,4-6,9-10,12,14-15H2,2H3. The van der Waals surface area contributed by atoms with Gasteiger partial charge in [-0.15, -0.1) is 18.3 Å². The van der Waals surface area contributed by atoms with Crippen LogP contribution in [0.2, 0.25) is 0 Å². The Labute approximate surface area is 122 Å². The molecule has 0 spiro atoms. The van der Waals surface area contributed by atoms with Gasteiger partial charge in [0.1, 0.15) is 6.10 Å². The molecule has 0 heterocycles. The monoisotopic (exact) mass is 276 g/mol. The van der Waals surface area contributed by atoms with E-state index in [0.717, 1.165) is 25.7 Å². The van der Waals surface area contributed by atoms with Gasteiger partial charge in [0.2, 0.25) is 0 Å². The molecule has 0 saturated carbocycles. The molecule has 0 aromatic heterocycles. The highest BCUT2D eigenvalue weighted by Gasteiger charge is 2.04. The number of hydrogen-bond donors (Lipinski definition) is 1. The molecule has 0 fully saturated rings. The Balaban J connectivity index is 3.59. The van der Waals surface area contributed by atoms with E-state index >= 15 is 0 Å². The molecule has 0 aromatic carbocycles. The van der Waals surface area contributed by atoms with Crippen LogP contribution < -0.4 is 0 Å². The number of terminal acetylenes is 1. The van der Waals surface area contributed by atoms with Crippen molar-refractivity contribution in [2.45, 2.75) is 58.0 Å². The van der Waals surface area contributed by atoms with Gasteiger partial charge in [-0.05, 0) is 32.6 Å². The van der Waals surface area contributed by atoms with Crippen LogP contribution in [0.15, 0.2) is 12.2 Å². The average Bonchev–Trinajstić information content (AvgIpc) is 2.42. The van der Waals surface area contributed by atoms with Crippen molar-refractivity contribution in [2.75, 3.05) is 6.61 Å². The Kier molecular flexibility index (Phi) is 12.5. The Hall–Kier alpha value is -1.71. The lowest BCUT2D eigenvalue weighted by atomic mass is 10.1. The summed E-state index contributed by atoms with van der Waals surface area (Å²) in [4.78, 5) is 11.1. The second-order valence-corrected chi connectivity index (χ2v) is 4.29. The average molecular weight is 276 g/mol. The fourth-order valence-electron chi connectivity index (χ4n) is 1.49. The molecule has 0 aliphatic carbocycles. The smallest absolute Gasteiger partial charge is 0.305 e. The van der Waals surface area contributed by atoms with Crippen LogP contribution in [-0.4, -0.2) is 23.8 Å². The number of carbonyl (C=O) groups is 1. The maximum absolute atomic E-state index is 11.1. The normalized spacial score (nSPS) is 11.4. The van der Waals surface area contributed by atoms with Crippen LogP contribution in [0, 0.1) is 24.2 Å². The number of hydrogen-bond acceptors (Lipinski definition) is 3. The highest BCUT2D eigenvalue weighted by molar-refractivity contribution is 5.69. The van der Waals surface area contributed by atoms with Crippen molar-refractivity contribution in [1.82, 2.24) is 0 Å². The molecule has 1 N–H and O–H groups in total. The van der Waals surface area contributed by atoms with E-state index in [0.29, 0.717) is 25.9 Å². The minimum absolute atomic E-state index is 0.218. The van der Waals surface area contributed by atoms with Crippen LogP contribution in [0.1, 0.15) is 51.9 Å². The van der Waals surface area contributed by atoms with Gasteiger partial charge in [-0.25, -0.2) is 0 Å². The van der Waals surface area contributed by atoms with Crippen LogP contribution in [-0.2, 0) is 9.53 Å². The summed E-state index contributed by atoms with van der Waals surface area (Å²) in [5.74, 6) is 8.07. The van der Waals surface area contributed by atoms with Gasteiger partial charge in [-0.2, -0.15) is 0 Å². The molecular weight excluding hydrogens is 252 g/mol. The molecule has 0 bridgehead atoms. The summed E-state index contributed by atoms with van der Waals surface area (Å²) in [5.41, 5.74) is 0. The number of aliphatic hydroxyl groups excluding tert-OH is 1. The molecule has 20 heavy (non-hydrogen) atoms. The van der Waals surface area contributed by atoms with E-state index in [2.05, 4.69) is 29.9 Å². The first-order valence-corrected chi connectivity index (χ1v) is 7.11. The van der Waals surface area contributed by atoms with Crippen LogP contribution >= 0.6 is 0 Å². The van der Waals surface area contributed by atoms with Crippen molar-refractivity contribution in [3.8, 4) is 24.2 Å². The van der Waals surface area contributed by atoms with E-state index in [-0.39, 0.29) is 5.97 Å². The van der Waals surface area contributed by atoms with E-state index in [4.69, 9.17) is 11.2 Å². The van der Waals surface area contributed by atoms with Crippen LogP contribution in [0.3, 0.4) is 0 Å². The first kappa shape index (κ1) is 18.3. The molecule has 0 radical (unpaired) electrons. The summed E-state index contributed by atoms with van der Waals surface area (Å²) < 4.78 is 4.80. The fraction of sp³-hybridized carbons (Fsp3) is 0.588. The SMILES string of the molecule is C#CCCC=CCCC#CC(O)CCCC(=O)OCC. The van der Waals surface area contributed by atoms with E-state index < -0.39 is 6.10 Å². The molecule has 0 aromatic rings. The minimum Gasteiger partial charge on any atom is -0.466 e. The summed E-state index contributed by atoms with van der Waals surface area (Å²) in [6, 6.07) is 0. The Morgan fingerprint density at radius 3 is 2.70 bits per heavy atom. The lowest BCUT2D eigenvalue weighted by Crippen LogP contribution is -2.07. The molecular formula is C17H24O3. The number of carbonyl (C=O) groups excluding carboxylic acids is 1. The maximum atomic E-state index is 11.1. The second-order valence-electron chi connectivity index (χ2n) is 4.29. The number of esters is 1. The third kappa shape index (κ3) is 12.7. The van der Waals surface area contributed by atoms with Gasteiger partial charge >= 0.3 is 5.97 Å². The van der Waals surface area contributed by atoms with Gasteiger partial charge < -0.3 is 9.84 Å². The summed E-state index contributed by atoms with van der Waals surface area (Å²) >= 11 is 0. The van der Waals surface area contributed by atoms with Crippen LogP contribution in [0.5, 0.6) is 0 Å². The van der Waals surface area contributed by atoms with Gasteiger partial charge in [-0.1, -0.05) is 18.1 Å². The lowest BCUT2D eigenvalue weighted by Gasteiger charge is -2.03. The van der Waals surface area contributed by atoms with E-state index in [1.807, 2.05) is 0 Å². The Bertz CT molecular complexity index is 379. The molecule has 1 unspecified atom stereocenters. The third-order valence-electron chi connectivity index (χ3n) is 2.49. The van der Waals surface area contributed by atoms with Gasteiger partial charge in [0.15, 0.2) is 0 Å². The van der Waals surface area contributed by atoms with Gasteiger partial charge in [0, 0.05) is 19.3 Å². The first-order chi connectivity index (χ1) is 9.70. The molecule has 0 aliphatic rings. The third-order valence-corrected chi connectivity index (χ3v) is 2.49. The molecule has 1 atom stereocenters. The van der Waals surface area contributed by atoms with Gasteiger partial charge in [0.25, 0.3) is 0 Å². The van der Waals surface area contributed by atoms with Crippen molar-refractivity contribution in [3.63, 3.8) is 0 Å². The van der Waals surface area contributed by atoms with Crippen molar-refractivity contribution in [1.29, 1.82) is 0 Å². The Morgan fingerprint density at radius 2 is 2.05 bits per heavy atom. The van der Waals surface area contributed by atoms with Crippen molar-refractivity contribution >= 4 is 5.97 Å². The van der Waals surface area contributed by atoms with Gasteiger partial charge in [-0.3, -0.25) is 4.79 Å². The molecule has 0 aliphatic heterocycles. The number of allylic oxidation sites excluding steroid dienone is 2. The summed E-state index contributed by atoms with van der Waals surface area (Å²) in [7, 11) is 0. The van der Waals surface area contributed by atoms with Crippen LogP contribution in [0.4, 0.5) is 0 Å². The number of aliphatic hydroxyl groups is 1. The predicted octanol–water partition coefficient (Wildman–Crippen LogP) is 2.83. The zero-order valence-electron chi connectivity index (χ0n) is 12.2. The van der Waals surface area contributed by atoms with Gasteiger partial charge in [0.05, 0.1) is 6.61 Å². The molecule has 0 saturated heterocycles. The van der Waals surface area contributed by atoms with E-state index in [9.17, 15) is 9.90 Å². The molecule has 3 heteroatoms. The minimum atomic E-state index is -0.658. The van der Waals surface area contributed by atoms with Crippen molar-refractivity contribution in [3.05, 3.63) is 12.2 Å². The summed E-state index contributed by atoms with van der Waals surface area (Å²) in [5, 5.41) is 9.60. The molecule has 0 rings (SSSR count). The lowest BCUT2D eigenvalue weighted by molar-refractivity contribution is -0.143. The molecule has 3 nitrogen and oxygen atoms in total. The number of rotatable bonds is 9. The maximum Gasteiger partial charge on any atom is 0.305 e. The van der Waals surface area contributed by atoms with Crippen molar-refractivity contribution in [2.24, 2.45) is 0 Å². The van der Waals surface area contributed by atoms with Crippen LogP contribution in [0.25, 0.3) is 0 Å². The fourth-order valence-corrected chi connectivity index (χ4v) is 1.49. The zero-order valence-corrected chi connectivity index (χ0v) is 12.2. The second kappa shape index (κ2) is 13.7. The number of ether oxygens (including phenoxy) is 1. The highest BCUT2D eigenvalue weighted by Crippen LogP contribution is 2.02. The zero-order chi connectivity index (χ0) is 15.1. The highest BCUT2D eigenvalue weighted by atomic mass is 16.5. The summed E-state index contributed by atoms with van der Waals surface area (Å²) in [6.07, 6.45) is 13.3. The van der Waals surface area contributed by atoms with Crippen molar-refractivity contribution < 1.29 is 14.6 Å². The predicted molar refractivity (Wildman–Crippen MR) is 80.7 cm³/mol. The van der Waals surface area contributed by atoms with E-state index in [1.165, 1.54) is 0 Å². The summed E-state index contributed by atoms with van der Waals surface area (Å²) in [6.45, 7) is 2.18. The van der Waals surface area contributed by atoms with E-state index in [1.54, 1.807) is 6.92 Å². The largest absolute Gasteiger partial charge is 0.466 e.